The Bertz CT molecular complexity index is 423. The Morgan fingerprint density at radius 3 is 3.07 bits per heavy atom. The highest BCUT2D eigenvalue weighted by Crippen LogP contribution is 2.07. The molecule has 0 amide bonds. The Balaban J connectivity index is 2.86. The average Bonchev–Trinajstić information content (AvgIpc) is 2.28. The Hall–Kier alpha value is -1.60. The molecule has 0 aromatic carbocycles. The zero-order chi connectivity index (χ0) is 12.1. The van der Waals surface area contributed by atoms with Gasteiger partial charge in [0.05, 0.1) is 1.37 Å². The van der Waals surface area contributed by atoms with Crippen LogP contribution in [-0.4, -0.2) is 22.8 Å². The summed E-state index contributed by atoms with van der Waals surface area (Å²) in [4.78, 5) is 9.05. The maximum atomic E-state index is 8.42. The van der Waals surface area contributed by atoms with Crippen LogP contribution >= 0.6 is 11.6 Å². The van der Waals surface area contributed by atoms with E-state index in [4.69, 9.17) is 18.2 Å². The van der Waals surface area contributed by atoms with E-state index in [0.717, 1.165) is 0 Å². The Morgan fingerprint density at radius 1 is 1.80 bits per heavy atom. The number of pyridine rings is 1. The molecule has 0 fully saturated rings. The molecule has 0 aliphatic rings. The van der Waals surface area contributed by atoms with Gasteiger partial charge in [0.15, 0.2) is 0 Å². The standard InChI is InChI=1S/C10H11ClN4/c1-8(14-7-12)15(2)6-9-3-4-10(11)13-5-9/h3-5H,6H2,1-2H3/i6T. The molecule has 1 aromatic rings. The second-order valence-corrected chi connectivity index (χ2v) is 3.30. The fraction of sp³-hybridized carbons (Fsp3) is 0.300. The molecule has 0 aliphatic carbocycles. The van der Waals surface area contributed by atoms with Gasteiger partial charge in [-0.2, -0.15) is 10.3 Å². The first-order chi connectivity index (χ1) is 7.56. The molecule has 0 saturated heterocycles. The van der Waals surface area contributed by atoms with Gasteiger partial charge in [0, 0.05) is 19.8 Å². The molecule has 1 aromatic heterocycles. The number of aromatic nitrogens is 1. The zero-order valence-electron chi connectivity index (χ0n) is 9.48. The number of hydrogen-bond acceptors (Lipinski definition) is 3. The Kier molecular flexibility index (Phi) is 3.53. The fourth-order valence-corrected chi connectivity index (χ4v) is 1.04. The largest absolute Gasteiger partial charge is 0.358 e. The van der Waals surface area contributed by atoms with Gasteiger partial charge in [-0.15, -0.1) is 0 Å². The number of aliphatic imine (C=N–C) groups is 1. The second-order valence-electron chi connectivity index (χ2n) is 2.91. The Labute approximate surface area is 95.2 Å². The van der Waals surface area contributed by atoms with Gasteiger partial charge in [-0.05, 0) is 18.6 Å². The number of nitriles is 1. The quantitative estimate of drug-likeness (QED) is 0.335. The molecule has 1 unspecified atom stereocenters. The highest BCUT2D eigenvalue weighted by atomic mass is 35.5. The van der Waals surface area contributed by atoms with E-state index in [1.165, 1.54) is 6.20 Å². The molecular formula is C10H11ClN4. The van der Waals surface area contributed by atoms with Crippen molar-refractivity contribution in [1.82, 2.24) is 9.88 Å². The van der Waals surface area contributed by atoms with Crippen LogP contribution in [0.4, 0.5) is 0 Å². The predicted molar refractivity (Wildman–Crippen MR) is 59.4 cm³/mol. The topological polar surface area (TPSA) is 52.3 Å². The lowest BCUT2D eigenvalue weighted by Gasteiger charge is -2.17. The first kappa shape index (κ1) is 9.94. The maximum Gasteiger partial charge on any atom is 0.207 e. The van der Waals surface area contributed by atoms with Crippen LogP contribution in [0.25, 0.3) is 0 Å². The normalized spacial score (nSPS) is 14.0. The van der Waals surface area contributed by atoms with E-state index in [2.05, 4.69) is 9.98 Å². The van der Waals surface area contributed by atoms with Crippen molar-refractivity contribution in [3.8, 4) is 6.19 Å². The minimum atomic E-state index is -0.651. The van der Waals surface area contributed by atoms with Crippen LogP contribution in [0.3, 0.4) is 0 Å². The van der Waals surface area contributed by atoms with Crippen molar-refractivity contribution in [3.63, 3.8) is 0 Å². The molecule has 4 nitrogen and oxygen atoms in total. The molecule has 0 aliphatic heterocycles. The minimum absolute atomic E-state index is 0.390. The molecule has 5 heteroatoms. The minimum Gasteiger partial charge on any atom is -0.358 e. The summed E-state index contributed by atoms with van der Waals surface area (Å²) in [5, 5.41) is 8.81. The van der Waals surface area contributed by atoms with E-state index in [-0.39, 0.29) is 0 Å². The van der Waals surface area contributed by atoms with E-state index in [1.807, 2.05) is 0 Å². The smallest absolute Gasteiger partial charge is 0.207 e. The molecule has 0 bridgehead atoms. The SMILES string of the molecule is [3H]C(c1ccc(Cl)nc1)N(C)C(C)=NC#N. The number of rotatable bonds is 2. The van der Waals surface area contributed by atoms with E-state index in [9.17, 15) is 0 Å². The van der Waals surface area contributed by atoms with Crippen LogP contribution in [0.2, 0.25) is 5.15 Å². The van der Waals surface area contributed by atoms with E-state index in [1.54, 1.807) is 37.2 Å². The summed E-state index contributed by atoms with van der Waals surface area (Å²) in [6, 6.07) is 3.35. The third kappa shape index (κ3) is 3.56. The highest BCUT2D eigenvalue weighted by molar-refractivity contribution is 6.29. The third-order valence-corrected chi connectivity index (χ3v) is 2.04. The molecular weight excluding hydrogens is 212 g/mol. The predicted octanol–water partition coefficient (Wildman–Crippen LogP) is 2.07. The summed E-state index contributed by atoms with van der Waals surface area (Å²) >= 11 is 5.66. The molecule has 1 rings (SSSR count). The molecule has 78 valence electrons. The summed E-state index contributed by atoms with van der Waals surface area (Å²) in [6.07, 6.45) is 3.23. The lowest BCUT2D eigenvalue weighted by atomic mass is 10.3. The van der Waals surface area contributed by atoms with Crippen LogP contribution in [0.15, 0.2) is 23.3 Å². The van der Waals surface area contributed by atoms with Crippen LogP contribution < -0.4 is 0 Å². The van der Waals surface area contributed by atoms with E-state index >= 15 is 0 Å². The lowest BCUT2D eigenvalue weighted by Crippen LogP contribution is -2.23. The molecule has 0 saturated carbocycles. The van der Waals surface area contributed by atoms with Gasteiger partial charge in [-0.25, -0.2) is 4.98 Å². The highest BCUT2D eigenvalue weighted by Gasteiger charge is 2.02. The molecule has 0 spiro atoms. The number of hydrogen-bond donors (Lipinski definition) is 0. The van der Waals surface area contributed by atoms with Crippen molar-refractivity contribution < 1.29 is 1.37 Å². The van der Waals surface area contributed by atoms with Crippen molar-refractivity contribution in [2.24, 2.45) is 4.99 Å². The van der Waals surface area contributed by atoms with E-state index in [0.29, 0.717) is 16.6 Å². The second kappa shape index (κ2) is 5.32. The Morgan fingerprint density at radius 2 is 2.53 bits per heavy atom. The first-order valence-corrected chi connectivity index (χ1v) is 4.64. The van der Waals surface area contributed by atoms with Crippen LogP contribution in [-0.2, 0) is 6.52 Å². The molecule has 0 radical (unpaired) electrons. The van der Waals surface area contributed by atoms with Crippen molar-refractivity contribution in [1.29, 1.82) is 5.26 Å². The maximum absolute atomic E-state index is 8.42. The first-order valence-electron chi connectivity index (χ1n) is 4.84. The van der Waals surface area contributed by atoms with Gasteiger partial charge in [0.1, 0.15) is 11.0 Å². The zero-order valence-corrected chi connectivity index (χ0v) is 9.23. The van der Waals surface area contributed by atoms with Crippen molar-refractivity contribution >= 4 is 17.4 Å². The fourth-order valence-electron chi connectivity index (χ4n) is 0.932. The van der Waals surface area contributed by atoms with Gasteiger partial charge < -0.3 is 4.90 Å². The van der Waals surface area contributed by atoms with Crippen molar-refractivity contribution in [3.05, 3.63) is 29.0 Å². The molecule has 15 heavy (non-hydrogen) atoms. The van der Waals surface area contributed by atoms with Crippen LogP contribution in [0, 0.1) is 11.5 Å². The number of nitrogens with zero attached hydrogens (tertiary/aromatic N) is 4. The molecule has 0 N–H and O–H groups in total. The summed E-state index contributed by atoms with van der Waals surface area (Å²) in [7, 11) is 1.70. The third-order valence-electron chi connectivity index (χ3n) is 1.82. The van der Waals surface area contributed by atoms with Crippen LogP contribution in [0.1, 0.15) is 13.9 Å². The van der Waals surface area contributed by atoms with Crippen LogP contribution in [0.5, 0.6) is 0 Å². The summed E-state index contributed by atoms with van der Waals surface area (Å²) in [6.45, 7) is 1.02. The van der Waals surface area contributed by atoms with Gasteiger partial charge in [0.2, 0.25) is 6.19 Å². The van der Waals surface area contributed by atoms with Gasteiger partial charge in [-0.1, -0.05) is 17.7 Å². The van der Waals surface area contributed by atoms with Gasteiger partial charge >= 0.3 is 0 Å². The number of halogens is 1. The van der Waals surface area contributed by atoms with Crippen molar-refractivity contribution in [2.45, 2.75) is 13.4 Å². The summed E-state index contributed by atoms with van der Waals surface area (Å²) in [5.74, 6) is 0.484. The molecule has 1 atom stereocenters. The summed E-state index contributed by atoms with van der Waals surface area (Å²) < 4.78 is 7.95. The summed E-state index contributed by atoms with van der Waals surface area (Å²) in [5.41, 5.74) is 0.694. The molecule has 1 heterocycles. The lowest BCUT2D eigenvalue weighted by molar-refractivity contribution is 0.497. The van der Waals surface area contributed by atoms with Crippen molar-refractivity contribution in [2.75, 3.05) is 7.05 Å². The van der Waals surface area contributed by atoms with Gasteiger partial charge in [-0.3, -0.25) is 0 Å². The monoisotopic (exact) mass is 224 g/mol. The number of amidine groups is 1. The average molecular weight is 225 g/mol. The van der Waals surface area contributed by atoms with Gasteiger partial charge in [0.25, 0.3) is 0 Å². The van der Waals surface area contributed by atoms with E-state index < -0.39 is 6.52 Å².